The Morgan fingerprint density at radius 2 is 2.11 bits per heavy atom. The van der Waals surface area contributed by atoms with Crippen LogP contribution in [-0.2, 0) is 0 Å². The molecule has 1 N–H and O–H groups in total. The highest BCUT2D eigenvalue weighted by Gasteiger charge is 2.07. The maximum Gasteiger partial charge on any atom is 0.219 e. The predicted octanol–water partition coefficient (Wildman–Crippen LogP) is 4.06. The van der Waals surface area contributed by atoms with Gasteiger partial charge in [-0.3, -0.25) is 0 Å². The zero-order chi connectivity index (χ0) is 13.8. The molecule has 5 heteroatoms. The molecular weight excluding hydrogens is 311 g/mol. The molecule has 1 unspecified atom stereocenters. The molecule has 1 aromatic heterocycles. The lowest BCUT2D eigenvalue weighted by molar-refractivity contribution is 0.426. The van der Waals surface area contributed by atoms with Crippen molar-refractivity contribution in [1.29, 1.82) is 0 Å². The number of nitrogens with zero attached hydrogens (tertiary/aromatic N) is 1. The Bertz CT molecular complexity index is 560. The van der Waals surface area contributed by atoms with Crippen LogP contribution in [-0.4, -0.2) is 12.0 Å². The van der Waals surface area contributed by atoms with E-state index in [1.54, 1.807) is 24.4 Å². The first-order chi connectivity index (χ1) is 9.10. The van der Waals surface area contributed by atoms with Gasteiger partial charge in [-0.25, -0.2) is 9.37 Å². The van der Waals surface area contributed by atoms with E-state index in [9.17, 15) is 4.39 Å². The minimum atomic E-state index is -0.427. The van der Waals surface area contributed by atoms with E-state index in [0.29, 0.717) is 10.4 Å². The standard InChI is InChI=1S/C14H14BrFN2O/c1-9(17-2)10-3-6-14(18-8-10)19-13-5-4-11(15)7-12(13)16/h3-9,17H,1-2H3. The number of pyridine rings is 1. The van der Waals surface area contributed by atoms with Gasteiger partial charge in [-0.15, -0.1) is 0 Å². The third-order valence-electron chi connectivity index (χ3n) is 2.80. The van der Waals surface area contributed by atoms with Gasteiger partial charge in [0.05, 0.1) is 0 Å². The van der Waals surface area contributed by atoms with Crippen molar-refractivity contribution < 1.29 is 9.13 Å². The Balaban J connectivity index is 2.15. The Hall–Kier alpha value is -1.46. The zero-order valence-corrected chi connectivity index (χ0v) is 12.2. The zero-order valence-electron chi connectivity index (χ0n) is 10.7. The van der Waals surface area contributed by atoms with Gasteiger partial charge < -0.3 is 10.1 Å². The summed E-state index contributed by atoms with van der Waals surface area (Å²) in [7, 11) is 1.88. The van der Waals surface area contributed by atoms with E-state index in [1.807, 2.05) is 20.0 Å². The fraction of sp³-hybridized carbons (Fsp3) is 0.214. The van der Waals surface area contributed by atoms with Crippen molar-refractivity contribution in [3.8, 4) is 11.6 Å². The maximum atomic E-state index is 13.6. The fourth-order valence-corrected chi connectivity index (χ4v) is 1.88. The number of nitrogens with one attached hydrogen (secondary N) is 1. The summed E-state index contributed by atoms with van der Waals surface area (Å²) in [5.74, 6) is 0.0993. The predicted molar refractivity (Wildman–Crippen MR) is 75.9 cm³/mol. The van der Waals surface area contributed by atoms with Crippen molar-refractivity contribution in [2.24, 2.45) is 0 Å². The topological polar surface area (TPSA) is 34.1 Å². The summed E-state index contributed by atoms with van der Waals surface area (Å²) in [6.07, 6.45) is 1.72. The molecule has 100 valence electrons. The molecule has 0 saturated carbocycles. The minimum Gasteiger partial charge on any atom is -0.436 e. The van der Waals surface area contributed by atoms with E-state index >= 15 is 0 Å². The number of hydrogen-bond acceptors (Lipinski definition) is 3. The van der Waals surface area contributed by atoms with Gasteiger partial charge in [0.25, 0.3) is 0 Å². The first-order valence-electron chi connectivity index (χ1n) is 5.86. The summed E-state index contributed by atoms with van der Waals surface area (Å²) in [5, 5.41) is 3.12. The van der Waals surface area contributed by atoms with E-state index in [0.717, 1.165) is 5.56 Å². The molecule has 0 bridgehead atoms. The molecule has 0 saturated heterocycles. The van der Waals surface area contributed by atoms with Crippen molar-refractivity contribution in [2.45, 2.75) is 13.0 Å². The highest BCUT2D eigenvalue weighted by atomic mass is 79.9. The number of benzene rings is 1. The van der Waals surface area contributed by atoms with Crippen molar-refractivity contribution in [1.82, 2.24) is 10.3 Å². The average Bonchev–Trinajstić information content (AvgIpc) is 2.42. The fourth-order valence-electron chi connectivity index (χ4n) is 1.55. The van der Waals surface area contributed by atoms with Crippen molar-refractivity contribution in [3.05, 3.63) is 52.4 Å². The summed E-state index contributed by atoms with van der Waals surface area (Å²) in [6.45, 7) is 2.03. The lowest BCUT2D eigenvalue weighted by Gasteiger charge is -2.11. The Morgan fingerprint density at radius 1 is 1.32 bits per heavy atom. The first-order valence-corrected chi connectivity index (χ1v) is 6.65. The van der Waals surface area contributed by atoms with E-state index in [4.69, 9.17) is 4.74 Å². The van der Waals surface area contributed by atoms with Crippen LogP contribution in [0.25, 0.3) is 0 Å². The molecular formula is C14H14BrFN2O. The van der Waals surface area contributed by atoms with Crippen LogP contribution < -0.4 is 10.1 Å². The number of halogens is 2. The maximum absolute atomic E-state index is 13.6. The van der Waals surface area contributed by atoms with Crippen LogP contribution in [0, 0.1) is 5.82 Å². The van der Waals surface area contributed by atoms with E-state index < -0.39 is 5.82 Å². The van der Waals surface area contributed by atoms with Crippen LogP contribution in [0.5, 0.6) is 11.6 Å². The van der Waals surface area contributed by atoms with Gasteiger partial charge in [-0.1, -0.05) is 22.0 Å². The molecule has 1 aromatic carbocycles. The molecule has 3 nitrogen and oxygen atoms in total. The number of rotatable bonds is 4. The Morgan fingerprint density at radius 3 is 2.68 bits per heavy atom. The van der Waals surface area contributed by atoms with Crippen molar-refractivity contribution in [2.75, 3.05) is 7.05 Å². The van der Waals surface area contributed by atoms with Gasteiger partial charge in [0, 0.05) is 22.8 Å². The highest BCUT2D eigenvalue weighted by Crippen LogP contribution is 2.26. The molecule has 0 aliphatic heterocycles. The van der Waals surface area contributed by atoms with Crippen LogP contribution in [0.2, 0.25) is 0 Å². The molecule has 0 aliphatic rings. The quantitative estimate of drug-likeness (QED) is 0.921. The summed E-state index contributed by atoms with van der Waals surface area (Å²) in [4.78, 5) is 4.17. The average molecular weight is 325 g/mol. The van der Waals surface area contributed by atoms with Gasteiger partial charge in [0.1, 0.15) is 0 Å². The van der Waals surface area contributed by atoms with Crippen molar-refractivity contribution >= 4 is 15.9 Å². The third-order valence-corrected chi connectivity index (χ3v) is 3.29. The summed E-state index contributed by atoms with van der Waals surface area (Å²) in [5.41, 5.74) is 1.05. The number of aromatic nitrogens is 1. The Labute approximate surface area is 119 Å². The minimum absolute atomic E-state index is 0.158. The second-order valence-corrected chi connectivity index (χ2v) is 5.03. The van der Waals surface area contributed by atoms with E-state index in [-0.39, 0.29) is 11.8 Å². The van der Waals surface area contributed by atoms with Crippen LogP contribution in [0.15, 0.2) is 41.0 Å². The van der Waals surface area contributed by atoms with E-state index in [2.05, 4.69) is 26.2 Å². The van der Waals surface area contributed by atoms with Gasteiger partial charge in [-0.05, 0) is 37.7 Å². The molecule has 0 amide bonds. The molecule has 1 atom stereocenters. The molecule has 1 heterocycles. The van der Waals surface area contributed by atoms with Crippen LogP contribution in [0.4, 0.5) is 4.39 Å². The molecule has 0 fully saturated rings. The normalized spacial score (nSPS) is 12.2. The van der Waals surface area contributed by atoms with Crippen LogP contribution in [0.3, 0.4) is 0 Å². The lowest BCUT2D eigenvalue weighted by Crippen LogP contribution is -2.12. The van der Waals surface area contributed by atoms with Gasteiger partial charge in [0.2, 0.25) is 5.88 Å². The third kappa shape index (κ3) is 3.52. The Kier molecular flexibility index (Phi) is 4.50. The largest absolute Gasteiger partial charge is 0.436 e. The second-order valence-electron chi connectivity index (χ2n) is 4.12. The summed E-state index contributed by atoms with van der Waals surface area (Å²) < 4.78 is 19.7. The monoisotopic (exact) mass is 324 g/mol. The number of ether oxygens (including phenoxy) is 1. The molecule has 0 aliphatic carbocycles. The second kappa shape index (κ2) is 6.12. The summed E-state index contributed by atoms with van der Waals surface area (Å²) >= 11 is 3.20. The van der Waals surface area contributed by atoms with Crippen molar-refractivity contribution in [3.63, 3.8) is 0 Å². The number of hydrogen-bond donors (Lipinski definition) is 1. The molecule has 0 radical (unpaired) electrons. The van der Waals surface area contributed by atoms with Crippen LogP contribution in [0.1, 0.15) is 18.5 Å². The molecule has 2 aromatic rings. The molecule has 19 heavy (non-hydrogen) atoms. The van der Waals surface area contributed by atoms with Gasteiger partial charge in [0.15, 0.2) is 11.6 Å². The summed E-state index contributed by atoms with van der Waals surface area (Å²) in [6, 6.07) is 8.48. The molecule has 2 rings (SSSR count). The van der Waals surface area contributed by atoms with Gasteiger partial charge >= 0.3 is 0 Å². The SMILES string of the molecule is CNC(C)c1ccc(Oc2ccc(Br)cc2F)nc1. The van der Waals surface area contributed by atoms with Gasteiger partial charge in [-0.2, -0.15) is 0 Å². The highest BCUT2D eigenvalue weighted by molar-refractivity contribution is 9.10. The smallest absolute Gasteiger partial charge is 0.219 e. The molecule has 0 spiro atoms. The first kappa shape index (κ1) is 14.0. The lowest BCUT2D eigenvalue weighted by atomic mass is 10.1. The van der Waals surface area contributed by atoms with Crippen LogP contribution >= 0.6 is 15.9 Å². The van der Waals surface area contributed by atoms with E-state index in [1.165, 1.54) is 6.07 Å².